The molecule has 1 fully saturated rings. The highest BCUT2D eigenvalue weighted by Crippen LogP contribution is 2.39. The molecular weight excluding hydrogens is 192 g/mol. The standard InChI is InChI=1S/C12H22O3/c1-3-15-11(14)6-9-12(2)7-4-10(13)5-8-12/h10,13H,3-9H2,1-2H3. The topological polar surface area (TPSA) is 46.5 Å². The molecule has 0 bridgehead atoms. The number of aliphatic hydroxyl groups excluding tert-OH is 1. The van der Waals surface area contributed by atoms with Crippen LogP contribution in [0.25, 0.3) is 0 Å². The van der Waals surface area contributed by atoms with E-state index in [2.05, 4.69) is 6.92 Å². The van der Waals surface area contributed by atoms with Gasteiger partial charge in [0.1, 0.15) is 0 Å². The number of esters is 1. The molecule has 1 rings (SSSR count). The third-order valence-corrected chi connectivity index (χ3v) is 3.40. The largest absolute Gasteiger partial charge is 0.466 e. The molecule has 3 nitrogen and oxygen atoms in total. The third kappa shape index (κ3) is 4.20. The van der Waals surface area contributed by atoms with E-state index in [1.54, 1.807) is 0 Å². The van der Waals surface area contributed by atoms with Crippen LogP contribution in [0.1, 0.15) is 52.4 Å². The number of aliphatic hydroxyl groups is 1. The molecule has 0 unspecified atom stereocenters. The number of hydrogen-bond donors (Lipinski definition) is 1. The molecule has 0 radical (unpaired) electrons. The van der Waals surface area contributed by atoms with E-state index in [4.69, 9.17) is 4.74 Å². The SMILES string of the molecule is CCOC(=O)CCC1(C)CCC(O)CC1. The van der Waals surface area contributed by atoms with Gasteiger partial charge in [0, 0.05) is 6.42 Å². The minimum Gasteiger partial charge on any atom is -0.466 e. The number of carbonyl (C=O) groups is 1. The van der Waals surface area contributed by atoms with Crippen molar-refractivity contribution >= 4 is 5.97 Å². The first-order valence-electron chi connectivity index (χ1n) is 5.89. The quantitative estimate of drug-likeness (QED) is 0.730. The summed E-state index contributed by atoms with van der Waals surface area (Å²) in [6, 6.07) is 0. The summed E-state index contributed by atoms with van der Waals surface area (Å²) in [6.45, 7) is 4.50. The Morgan fingerprint density at radius 1 is 1.47 bits per heavy atom. The van der Waals surface area contributed by atoms with Crippen LogP contribution >= 0.6 is 0 Å². The first kappa shape index (κ1) is 12.5. The number of hydrogen-bond acceptors (Lipinski definition) is 3. The van der Waals surface area contributed by atoms with Crippen LogP contribution in [0.5, 0.6) is 0 Å². The second-order valence-corrected chi connectivity index (χ2v) is 4.85. The Morgan fingerprint density at radius 3 is 2.60 bits per heavy atom. The van der Waals surface area contributed by atoms with Gasteiger partial charge in [0.05, 0.1) is 12.7 Å². The fourth-order valence-electron chi connectivity index (χ4n) is 2.19. The van der Waals surface area contributed by atoms with Crippen molar-refractivity contribution in [1.29, 1.82) is 0 Å². The smallest absolute Gasteiger partial charge is 0.305 e. The van der Waals surface area contributed by atoms with E-state index in [-0.39, 0.29) is 17.5 Å². The lowest BCUT2D eigenvalue weighted by atomic mass is 9.72. The first-order chi connectivity index (χ1) is 7.06. The zero-order valence-corrected chi connectivity index (χ0v) is 9.79. The van der Waals surface area contributed by atoms with Crippen molar-refractivity contribution in [2.45, 2.75) is 58.5 Å². The minimum absolute atomic E-state index is 0.0927. The number of carbonyl (C=O) groups excluding carboxylic acids is 1. The molecule has 15 heavy (non-hydrogen) atoms. The average Bonchev–Trinajstić information content (AvgIpc) is 2.21. The van der Waals surface area contributed by atoms with E-state index in [0.29, 0.717) is 13.0 Å². The highest BCUT2D eigenvalue weighted by atomic mass is 16.5. The maximum atomic E-state index is 11.2. The first-order valence-corrected chi connectivity index (χ1v) is 5.89. The lowest BCUT2D eigenvalue weighted by Gasteiger charge is -2.35. The summed E-state index contributed by atoms with van der Waals surface area (Å²) in [4.78, 5) is 11.2. The van der Waals surface area contributed by atoms with E-state index in [9.17, 15) is 9.90 Å². The molecule has 0 aromatic carbocycles. The highest BCUT2D eigenvalue weighted by molar-refractivity contribution is 5.69. The fourth-order valence-corrected chi connectivity index (χ4v) is 2.19. The maximum Gasteiger partial charge on any atom is 0.305 e. The van der Waals surface area contributed by atoms with Gasteiger partial charge in [-0.2, -0.15) is 0 Å². The summed E-state index contributed by atoms with van der Waals surface area (Å²) in [5.74, 6) is -0.0927. The van der Waals surface area contributed by atoms with Crippen molar-refractivity contribution in [1.82, 2.24) is 0 Å². The molecule has 0 spiro atoms. The summed E-state index contributed by atoms with van der Waals surface area (Å²) in [6.07, 6.45) is 5.07. The van der Waals surface area contributed by atoms with Crippen LogP contribution in [0.4, 0.5) is 0 Å². The molecule has 3 heteroatoms. The second-order valence-electron chi connectivity index (χ2n) is 4.85. The second kappa shape index (κ2) is 5.50. The Labute approximate surface area is 91.8 Å². The predicted molar refractivity (Wildman–Crippen MR) is 58.4 cm³/mol. The predicted octanol–water partition coefficient (Wildman–Crippen LogP) is 2.27. The van der Waals surface area contributed by atoms with Gasteiger partial charge in [-0.25, -0.2) is 0 Å². The van der Waals surface area contributed by atoms with Gasteiger partial charge in [0.2, 0.25) is 0 Å². The molecular formula is C12H22O3. The van der Waals surface area contributed by atoms with Crippen LogP contribution in [0.3, 0.4) is 0 Å². The summed E-state index contributed by atoms with van der Waals surface area (Å²) in [5.41, 5.74) is 0.228. The molecule has 0 aromatic heterocycles. The monoisotopic (exact) mass is 214 g/mol. The summed E-state index contributed by atoms with van der Waals surface area (Å²) >= 11 is 0. The van der Waals surface area contributed by atoms with E-state index in [1.807, 2.05) is 6.92 Å². The lowest BCUT2D eigenvalue weighted by Crippen LogP contribution is -2.27. The van der Waals surface area contributed by atoms with Gasteiger partial charge in [-0.05, 0) is 44.4 Å². The van der Waals surface area contributed by atoms with E-state index < -0.39 is 0 Å². The fraction of sp³-hybridized carbons (Fsp3) is 0.917. The van der Waals surface area contributed by atoms with Gasteiger partial charge in [-0.15, -0.1) is 0 Å². The molecule has 0 aromatic rings. The zero-order chi connectivity index (χ0) is 11.3. The molecule has 1 N–H and O–H groups in total. The van der Waals surface area contributed by atoms with Crippen LogP contribution in [-0.4, -0.2) is 23.8 Å². The highest BCUT2D eigenvalue weighted by Gasteiger charge is 2.30. The van der Waals surface area contributed by atoms with Crippen LogP contribution < -0.4 is 0 Å². The normalized spacial score (nSPS) is 31.3. The molecule has 0 heterocycles. The average molecular weight is 214 g/mol. The summed E-state index contributed by atoms with van der Waals surface area (Å²) < 4.78 is 4.91. The van der Waals surface area contributed by atoms with Crippen molar-refractivity contribution in [2.75, 3.05) is 6.61 Å². The molecule has 88 valence electrons. The molecule has 1 aliphatic rings. The van der Waals surface area contributed by atoms with Crippen molar-refractivity contribution in [2.24, 2.45) is 5.41 Å². The van der Waals surface area contributed by atoms with Crippen molar-refractivity contribution in [3.8, 4) is 0 Å². The maximum absolute atomic E-state index is 11.2. The van der Waals surface area contributed by atoms with Crippen molar-refractivity contribution < 1.29 is 14.6 Å². The Bertz CT molecular complexity index is 205. The molecule has 0 atom stereocenters. The molecule has 1 saturated carbocycles. The summed E-state index contributed by atoms with van der Waals surface area (Å²) in [7, 11) is 0. The Balaban J connectivity index is 2.27. The van der Waals surface area contributed by atoms with Gasteiger partial charge in [-0.1, -0.05) is 6.92 Å². The van der Waals surface area contributed by atoms with Gasteiger partial charge in [-0.3, -0.25) is 4.79 Å². The van der Waals surface area contributed by atoms with Crippen LogP contribution in [0, 0.1) is 5.41 Å². The Morgan fingerprint density at radius 2 is 2.07 bits per heavy atom. The van der Waals surface area contributed by atoms with Crippen LogP contribution in [0.15, 0.2) is 0 Å². The van der Waals surface area contributed by atoms with Gasteiger partial charge in [0.25, 0.3) is 0 Å². The van der Waals surface area contributed by atoms with Crippen molar-refractivity contribution in [3.05, 3.63) is 0 Å². The molecule has 0 amide bonds. The summed E-state index contributed by atoms with van der Waals surface area (Å²) in [5, 5.41) is 9.41. The van der Waals surface area contributed by atoms with Crippen molar-refractivity contribution in [3.63, 3.8) is 0 Å². The van der Waals surface area contributed by atoms with Crippen LogP contribution in [-0.2, 0) is 9.53 Å². The lowest BCUT2D eigenvalue weighted by molar-refractivity contribution is -0.144. The Hall–Kier alpha value is -0.570. The third-order valence-electron chi connectivity index (χ3n) is 3.40. The van der Waals surface area contributed by atoms with E-state index >= 15 is 0 Å². The molecule has 1 aliphatic carbocycles. The van der Waals surface area contributed by atoms with Crippen LogP contribution in [0.2, 0.25) is 0 Å². The van der Waals surface area contributed by atoms with Gasteiger partial charge >= 0.3 is 5.97 Å². The number of ether oxygens (including phenoxy) is 1. The van der Waals surface area contributed by atoms with Gasteiger partial charge < -0.3 is 9.84 Å². The Kier molecular flexibility index (Phi) is 4.58. The van der Waals surface area contributed by atoms with Gasteiger partial charge in [0.15, 0.2) is 0 Å². The molecule has 0 aliphatic heterocycles. The molecule has 0 saturated heterocycles. The zero-order valence-electron chi connectivity index (χ0n) is 9.79. The van der Waals surface area contributed by atoms with E-state index in [1.165, 1.54) is 0 Å². The number of rotatable bonds is 4. The van der Waals surface area contributed by atoms with E-state index in [0.717, 1.165) is 32.1 Å². The minimum atomic E-state index is -0.124.